The van der Waals surface area contributed by atoms with E-state index in [2.05, 4.69) is 20.4 Å². The van der Waals surface area contributed by atoms with E-state index in [0.717, 1.165) is 11.2 Å². The summed E-state index contributed by atoms with van der Waals surface area (Å²) in [6, 6.07) is 5.70. The molecule has 3 aromatic heterocycles. The molecule has 0 saturated heterocycles. The molecule has 3 N–H and O–H groups in total. The maximum atomic E-state index is 5.72. The molecule has 0 radical (unpaired) electrons. The van der Waals surface area contributed by atoms with Crippen molar-refractivity contribution in [2.24, 2.45) is 0 Å². The summed E-state index contributed by atoms with van der Waals surface area (Å²) in [4.78, 5) is 0. The number of aromatic amines is 1. The molecule has 6 nitrogen and oxygen atoms in total. The van der Waals surface area contributed by atoms with Crippen molar-refractivity contribution in [1.82, 2.24) is 24.8 Å². The number of aromatic nitrogens is 5. The lowest BCUT2D eigenvalue weighted by molar-refractivity contribution is 1.10. The molecule has 0 unspecified atom stereocenters. The maximum Gasteiger partial charge on any atom is 0.173 e. The lowest BCUT2D eigenvalue weighted by Crippen LogP contribution is -1.92. The van der Waals surface area contributed by atoms with E-state index in [1.54, 1.807) is 6.20 Å². The van der Waals surface area contributed by atoms with Crippen molar-refractivity contribution in [2.75, 3.05) is 5.73 Å². The number of nitrogens with two attached hydrogens (primary N) is 1. The molecule has 3 rings (SSSR count). The van der Waals surface area contributed by atoms with Gasteiger partial charge in [-0.05, 0) is 12.1 Å². The average molecular weight is 200 g/mol. The summed E-state index contributed by atoms with van der Waals surface area (Å²) in [6.45, 7) is 0. The van der Waals surface area contributed by atoms with Gasteiger partial charge in [-0.15, -0.1) is 10.2 Å². The SMILES string of the molecule is Nc1[nH]ncc1-c1nnc2ccccn12. The first kappa shape index (κ1) is 7.98. The van der Waals surface area contributed by atoms with Crippen molar-refractivity contribution in [3.8, 4) is 11.4 Å². The number of fused-ring (bicyclic) bond motifs is 1. The van der Waals surface area contributed by atoms with Crippen LogP contribution in [0.2, 0.25) is 0 Å². The molecule has 3 aromatic rings. The van der Waals surface area contributed by atoms with E-state index in [4.69, 9.17) is 5.73 Å². The van der Waals surface area contributed by atoms with Crippen molar-refractivity contribution < 1.29 is 0 Å². The molecular formula is C9H8N6. The molecule has 74 valence electrons. The van der Waals surface area contributed by atoms with Crippen LogP contribution in [0.5, 0.6) is 0 Å². The molecule has 0 aliphatic carbocycles. The summed E-state index contributed by atoms with van der Waals surface area (Å²) in [5.74, 6) is 1.19. The number of nitrogens with one attached hydrogen (secondary N) is 1. The van der Waals surface area contributed by atoms with Gasteiger partial charge in [0.15, 0.2) is 11.5 Å². The fraction of sp³-hybridized carbons (Fsp3) is 0. The number of nitrogens with zero attached hydrogens (tertiary/aromatic N) is 4. The van der Waals surface area contributed by atoms with Gasteiger partial charge in [-0.25, -0.2) is 0 Å². The van der Waals surface area contributed by atoms with Crippen LogP contribution in [0.25, 0.3) is 17.0 Å². The second-order valence-electron chi connectivity index (χ2n) is 3.15. The molecule has 0 spiro atoms. The fourth-order valence-electron chi connectivity index (χ4n) is 1.50. The van der Waals surface area contributed by atoms with Crippen LogP contribution in [0.4, 0.5) is 5.82 Å². The largest absolute Gasteiger partial charge is 0.383 e. The lowest BCUT2D eigenvalue weighted by Gasteiger charge is -1.96. The Kier molecular flexibility index (Phi) is 1.49. The summed E-state index contributed by atoms with van der Waals surface area (Å²) in [6.07, 6.45) is 3.52. The molecule has 15 heavy (non-hydrogen) atoms. The number of anilines is 1. The van der Waals surface area contributed by atoms with Gasteiger partial charge in [0.2, 0.25) is 0 Å². The third kappa shape index (κ3) is 1.08. The number of H-pyrrole nitrogens is 1. The number of nitrogen functional groups attached to an aromatic ring is 1. The Morgan fingerprint density at radius 1 is 1.27 bits per heavy atom. The van der Waals surface area contributed by atoms with Crippen LogP contribution in [0, 0.1) is 0 Å². The van der Waals surface area contributed by atoms with Crippen molar-refractivity contribution in [3.63, 3.8) is 0 Å². The Labute approximate surface area is 84.8 Å². The minimum Gasteiger partial charge on any atom is -0.383 e. The number of hydrogen-bond acceptors (Lipinski definition) is 4. The van der Waals surface area contributed by atoms with Crippen LogP contribution in [-0.2, 0) is 0 Å². The molecule has 0 aliphatic heterocycles. The molecule has 3 heterocycles. The quantitative estimate of drug-likeness (QED) is 0.605. The smallest absolute Gasteiger partial charge is 0.173 e. The molecule has 0 aromatic carbocycles. The fourth-order valence-corrected chi connectivity index (χ4v) is 1.50. The van der Waals surface area contributed by atoms with Gasteiger partial charge in [0, 0.05) is 6.20 Å². The number of hydrogen-bond donors (Lipinski definition) is 2. The van der Waals surface area contributed by atoms with Crippen LogP contribution >= 0.6 is 0 Å². The van der Waals surface area contributed by atoms with Crippen molar-refractivity contribution in [1.29, 1.82) is 0 Å². The monoisotopic (exact) mass is 200 g/mol. The second-order valence-corrected chi connectivity index (χ2v) is 3.15. The molecule has 6 heteroatoms. The molecule has 0 saturated carbocycles. The number of pyridine rings is 1. The Hall–Kier alpha value is -2.37. The van der Waals surface area contributed by atoms with Crippen LogP contribution in [0.15, 0.2) is 30.6 Å². The molecule has 0 bridgehead atoms. The standard InChI is InChI=1S/C9H8N6/c10-8-6(5-11-13-8)9-14-12-7-3-1-2-4-15(7)9/h1-5H,(H3,10,11,13). The topological polar surface area (TPSA) is 84.9 Å². The Bertz CT molecular complexity index is 608. The molecule has 0 amide bonds. The summed E-state index contributed by atoms with van der Waals surface area (Å²) in [5, 5.41) is 14.6. The molecule has 0 fully saturated rings. The van der Waals surface area contributed by atoms with Gasteiger partial charge in [0.25, 0.3) is 0 Å². The summed E-state index contributed by atoms with van der Waals surface area (Å²) >= 11 is 0. The zero-order valence-corrected chi connectivity index (χ0v) is 7.75. The first-order valence-electron chi connectivity index (χ1n) is 4.45. The zero-order valence-electron chi connectivity index (χ0n) is 7.75. The summed E-state index contributed by atoms with van der Waals surface area (Å²) in [7, 11) is 0. The minimum atomic E-state index is 0.494. The minimum absolute atomic E-state index is 0.494. The molecule has 0 atom stereocenters. The summed E-state index contributed by atoms with van der Waals surface area (Å²) < 4.78 is 1.86. The van der Waals surface area contributed by atoms with Gasteiger partial charge in [-0.2, -0.15) is 5.10 Å². The molecule has 0 aliphatic rings. The Balaban J connectivity index is 2.32. The Morgan fingerprint density at radius 3 is 3.00 bits per heavy atom. The van der Waals surface area contributed by atoms with E-state index in [0.29, 0.717) is 11.6 Å². The third-order valence-electron chi connectivity index (χ3n) is 2.22. The van der Waals surface area contributed by atoms with Crippen molar-refractivity contribution in [3.05, 3.63) is 30.6 Å². The predicted molar refractivity (Wildman–Crippen MR) is 55.0 cm³/mol. The third-order valence-corrected chi connectivity index (χ3v) is 2.22. The van der Waals surface area contributed by atoms with Gasteiger partial charge in [-0.3, -0.25) is 9.50 Å². The summed E-state index contributed by atoms with van der Waals surface area (Å²) in [5.41, 5.74) is 7.27. The van der Waals surface area contributed by atoms with Gasteiger partial charge in [0.05, 0.1) is 11.8 Å². The van der Waals surface area contributed by atoms with E-state index in [9.17, 15) is 0 Å². The normalized spacial score (nSPS) is 10.9. The highest BCUT2D eigenvalue weighted by Gasteiger charge is 2.11. The van der Waals surface area contributed by atoms with Crippen molar-refractivity contribution >= 4 is 11.5 Å². The van der Waals surface area contributed by atoms with Crippen LogP contribution in [0.3, 0.4) is 0 Å². The predicted octanol–water partition coefficient (Wildman–Crippen LogP) is 0.702. The van der Waals surface area contributed by atoms with Crippen molar-refractivity contribution in [2.45, 2.75) is 0 Å². The highest BCUT2D eigenvalue weighted by atomic mass is 15.3. The zero-order chi connectivity index (χ0) is 10.3. The van der Waals surface area contributed by atoms with E-state index in [1.807, 2.05) is 28.8 Å². The maximum absolute atomic E-state index is 5.72. The van der Waals surface area contributed by atoms with Gasteiger partial charge in [0.1, 0.15) is 5.82 Å². The van der Waals surface area contributed by atoms with Gasteiger partial charge >= 0.3 is 0 Å². The highest BCUT2D eigenvalue weighted by molar-refractivity contribution is 5.69. The van der Waals surface area contributed by atoms with E-state index < -0.39 is 0 Å². The second kappa shape index (κ2) is 2.81. The van der Waals surface area contributed by atoms with E-state index in [1.165, 1.54) is 0 Å². The average Bonchev–Trinajstić information content (AvgIpc) is 2.83. The van der Waals surface area contributed by atoms with Crippen LogP contribution in [0.1, 0.15) is 0 Å². The van der Waals surface area contributed by atoms with Gasteiger partial charge in [-0.1, -0.05) is 6.07 Å². The first-order valence-corrected chi connectivity index (χ1v) is 4.45. The Morgan fingerprint density at radius 2 is 2.20 bits per heavy atom. The van der Waals surface area contributed by atoms with Crippen LogP contribution < -0.4 is 5.73 Å². The lowest BCUT2D eigenvalue weighted by atomic mass is 10.3. The number of rotatable bonds is 1. The first-order chi connectivity index (χ1) is 7.36. The van der Waals surface area contributed by atoms with E-state index >= 15 is 0 Å². The van der Waals surface area contributed by atoms with Crippen LogP contribution in [-0.4, -0.2) is 24.8 Å². The van der Waals surface area contributed by atoms with E-state index in [-0.39, 0.29) is 0 Å². The highest BCUT2D eigenvalue weighted by Crippen LogP contribution is 2.21. The molecular weight excluding hydrogens is 192 g/mol. The van der Waals surface area contributed by atoms with Gasteiger partial charge < -0.3 is 5.73 Å².